The van der Waals surface area contributed by atoms with Gasteiger partial charge in [0.1, 0.15) is 0 Å². The molecule has 0 fully saturated rings. The third kappa shape index (κ3) is 4.99. The minimum Gasteiger partial charge on any atom is -0.398 e. The number of carbonyl (C=O) groups excluding carboxylic acids is 4. The highest BCUT2D eigenvalue weighted by Crippen LogP contribution is 2.48. The summed E-state index contributed by atoms with van der Waals surface area (Å²) in [5, 5.41) is 6.22. The van der Waals surface area contributed by atoms with E-state index in [1.807, 2.05) is 36.4 Å². The van der Waals surface area contributed by atoms with E-state index in [0.29, 0.717) is 38.7 Å². The smallest absolute Gasteiger partial charge is 0.261 e. The van der Waals surface area contributed by atoms with Gasteiger partial charge >= 0.3 is 0 Å². The summed E-state index contributed by atoms with van der Waals surface area (Å²) < 4.78 is 0. The van der Waals surface area contributed by atoms with Crippen LogP contribution in [0.25, 0.3) is 43.1 Å². The highest BCUT2D eigenvalue weighted by atomic mass is 16.2. The number of rotatable bonds is 14. The number of carbonyl (C=O) groups is 4. The molecule has 0 spiro atoms. The minimum absolute atomic E-state index is 0.138. The fourth-order valence-corrected chi connectivity index (χ4v) is 8.66. The number of amides is 4. The molecule has 0 unspecified atom stereocenters. The summed E-state index contributed by atoms with van der Waals surface area (Å²) in [6.45, 7) is 8.52. The monoisotopic (exact) mass is 657 g/mol. The van der Waals surface area contributed by atoms with E-state index in [-0.39, 0.29) is 35.7 Å². The van der Waals surface area contributed by atoms with Crippen LogP contribution in [0.3, 0.4) is 0 Å². The molecule has 2 N–H and O–H groups in total. The van der Waals surface area contributed by atoms with Crippen molar-refractivity contribution in [3.05, 3.63) is 64.7 Å². The van der Waals surface area contributed by atoms with Gasteiger partial charge in [-0.2, -0.15) is 0 Å². The molecule has 0 aromatic heterocycles. The van der Waals surface area contributed by atoms with E-state index in [4.69, 9.17) is 5.73 Å². The first-order chi connectivity index (χ1) is 23.8. The maximum Gasteiger partial charge on any atom is 0.261 e. The molecule has 2 heterocycles. The predicted octanol–water partition coefficient (Wildman–Crippen LogP) is 10.0. The molecular weight excluding hydrogens is 610 g/mol. The summed E-state index contributed by atoms with van der Waals surface area (Å²) in [5.74, 6) is -0.998. The molecule has 0 bridgehead atoms. The Labute approximate surface area is 288 Å². The largest absolute Gasteiger partial charge is 0.398 e. The number of nitrogen functional groups attached to an aromatic ring is 1. The lowest BCUT2D eigenvalue weighted by Gasteiger charge is -2.35. The number of fused-ring (bicyclic) bond motifs is 2. The molecule has 4 amide bonds. The van der Waals surface area contributed by atoms with Crippen LogP contribution in [0, 0.1) is 0 Å². The molecule has 7 heteroatoms. The van der Waals surface area contributed by atoms with Gasteiger partial charge in [-0.05, 0) is 71.5 Å². The third-order valence-corrected chi connectivity index (χ3v) is 11.1. The molecular formula is C42H47N3O4. The topological polar surface area (TPSA) is 101 Å². The molecule has 5 aromatic carbocycles. The molecule has 7 rings (SSSR count). The van der Waals surface area contributed by atoms with Gasteiger partial charge < -0.3 is 5.73 Å². The van der Waals surface area contributed by atoms with Gasteiger partial charge in [0.05, 0.1) is 5.56 Å². The average Bonchev–Trinajstić information content (AvgIpc) is 3.10. The Morgan fingerprint density at radius 1 is 0.469 bits per heavy atom. The van der Waals surface area contributed by atoms with Crippen molar-refractivity contribution in [2.45, 2.75) is 117 Å². The molecule has 2 aliphatic rings. The first-order valence-electron chi connectivity index (χ1n) is 18.5. The van der Waals surface area contributed by atoms with Crippen molar-refractivity contribution in [2.24, 2.45) is 0 Å². The Morgan fingerprint density at radius 2 is 0.837 bits per heavy atom. The molecule has 2 aliphatic heterocycles. The van der Waals surface area contributed by atoms with Crippen LogP contribution in [0.1, 0.15) is 146 Å². The van der Waals surface area contributed by atoms with Crippen molar-refractivity contribution >= 4 is 72.4 Å². The Balaban J connectivity index is 1.44. The number of nitrogens with zero attached hydrogens (tertiary/aromatic N) is 2. The standard InChI is InChI=1S/C42H47N3O4/c1-5-9-13-24(14-10-6-2)44-39(46)29-20-17-26-27-18-21-31-36-32(42(49)45(41(31)48)25(15-11-7-3)16-12-8-4)23-33(43)37(38(27)36)28-19-22-30(40(44)47)35(29)34(26)28/h17-25H,5-16,43H2,1-4H3. The minimum atomic E-state index is -0.280. The molecule has 254 valence electrons. The van der Waals surface area contributed by atoms with Crippen LogP contribution in [0.5, 0.6) is 0 Å². The molecule has 49 heavy (non-hydrogen) atoms. The van der Waals surface area contributed by atoms with Crippen LogP contribution in [-0.4, -0.2) is 45.5 Å². The van der Waals surface area contributed by atoms with E-state index in [2.05, 4.69) is 27.7 Å². The summed E-state index contributed by atoms with van der Waals surface area (Å²) in [4.78, 5) is 60.1. The second kappa shape index (κ2) is 13.1. The van der Waals surface area contributed by atoms with Gasteiger partial charge in [-0.1, -0.05) is 97.3 Å². The van der Waals surface area contributed by atoms with E-state index < -0.39 is 0 Å². The molecule has 5 aromatic rings. The number of anilines is 1. The molecule has 0 saturated carbocycles. The Kier molecular flexibility index (Phi) is 8.80. The van der Waals surface area contributed by atoms with Crippen LogP contribution in [0.15, 0.2) is 42.5 Å². The van der Waals surface area contributed by atoms with Gasteiger partial charge in [0.2, 0.25) is 0 Å². The lowest BCUT2D eigenvalue weighted by molar-refractivity contribution is 0.0502. The van der Waals surface area contributed by atoms with Crippen LogP contribution in [0.4, 0.5) is 5.69 Å². The normalized spacial score (nSPS) is 14.8. The summed E-state index contributed by atoms with van der Waals surface area (Å²) in [6.07, 6.45) is 10.9. The number of hydrogen-bond acceptors (Lipinski definition) is 5. The molecule has 0 saturated heterocycles. The van der Waals surface area contributed by atoms with Crippen molar-refractivity contribution in [2.75, 3.05) is 5.73 Å². The van der Waals surface area contributed by atoms with E-state index in [0.717, 1.165) is 109 Å². The van der Waals surface area contributed by atoms with Gasteiger partial charge in [-0.15, -0.1) is 0 Å². The molecule has 0 atom stereocenters. The maximum absolute atomic E-state index is 14.3. The highest BCUT2D eigenvalue weighted by molar-refractivity contribution is 6.42. The maximum atomic E-state index is 14.3. The van der Waals surface area contributed by atoms with Crippen molar-refractivity contribution in [3.63, 3.8) is 0 Å². The highest BCUT2D eigenvalue weighted by Gasteiger charge is 2.40. The van der Waals surface area contributed by atoms with Crippen molar-refractivity contribution < 1.29 is 19.2 Å². The first-order valence-corrected chi connectivity index (χ1v) is 18.5. The number of benzene rings is 5. The van der Waals surface area contributed by atoms with E-state index in [1.165, 1.54) is 9.80 Å². The fraction of sp³-hybridized carbons (Fsp3) is 0.429. The SMILES string of the molecule is CCCCC(CCCC)N1C(=O)c2ccc3c4ccc5c6c(cc(N)c(c7ccc(c2c37)C1=O)c64)C(=O)N(C(CCCC)CCCC)C5=O. The zero-order valence-electron chi connectivity index (χ0n) is 29.3. The van der Waals surface area contributed by atoms with Crippen LogP contribution >= 0.6 is 0 Å². The Bertz CT molecular complexity index is 2110. The summed E-state index contributed by atoms with van der Waals surface area (Å²) in [6, 6.07) is 12.9. The quantitative estimate of drug-likeness (QED) is 0.0554. The predicted molar refractivity (Wildman–Crippen MR) is 199 cm³/mol. The van der Waals surface area contributed by atoms with Crippen molar-refractivity contribution in [1.82, 2.24) is 9.80 Å². The van der Waals surface area contributed by atoms with Crippen molar-refractivity contribution in [1.29, 1.82) is 0 Å². The van der Waals surface area contributed by atoms with Gasteiger partial charge in [0.25, 0.3) is 23.6 Å². The van der Waals surface area contributed by atoms with Crippen LogP contribution < -0.4 is 5.73 Å². The zero-order chi connectivity index (χ0) is 34.6. The second-order valence-corrected chi connectivity index (χ2v) is 14.2. The van der Waals surface area contributed by atoms with Crippen LogP contribution in [-0.2, 0) is 0 Å². The zero-order valence-corrected chi connectivity index (χ0v) is 29.3. The van der Waals surface area contributed by atoms with Gasteiger partial charge in [0.15, 0.2) is 0 Å². The summed E-state index contributed by atoms with van der Waals surface area (Å²) in [7, 11) is 0. The molecule has 0 aliphatic carbocycles. The number of nitrogens with two attached hydrogens (primary N) is 1. The van der Waals surface area contributed by atoms with Gasteiger partial charge in [0, 0.05) is 56.0 Å². The number of imide groups is 2. The van der Waals surface area contributed by atoms with E-state index in [9.17, 15) is 19.2 Å². The fourth-order valence-electron chi connectivity index (χ4n) is 8.66. The van der Waals surface area contributed by atoms with Gasteiger partial charge in [-0.25, -0.2) is 0 Å². The molecule has 0 radical (unpaired) electrons. The van der Waals surface area contributed by atoms with Gasteiger partial charge in [-0.3, -0.25) is 29.0 Å². The summed E-state index contributed by atoms with van der Waals surface area (Å²) in [5.41, 5.74) is 9.40. The van der Waals surface area contributed by atoms with Crippen LogP contribution in [0.2, 0.25) is 0 Å². The number of unbranched alkanes of at least 4 members (excludes halogenated alkanes) is 4. The average molecular weight is 658 g/mol. The lowest BCUT2D eigenvalue weighted by atomic mass is 9.81. The van der Waals surface area contributed by atoms with Crippen molar-refractivity contribution in [3.8, 4) is 0 Å². The first kappa shape index (κ1) is 33.0. The number of hydrogen-bond donors (Lipinski definition) is 1. The van der Waals surface area contributed by atoms with E-state index in [1.54, 1.807) is 6.07 Å². The third-order valence-electron chi connectivity index (χ3n) is 11.1. The van der Waals surface area contributed by atoms with E-state index >= 15 is 0 Å². The Morgan fingerprint density at radius 3 is 1.27 bits per heavy atom. The second-order valence-electron chi connectivity index (χ2n) is 14.2. The Hall–Kier alpha value is -4.52. The lowest BCUT2D eigenvalue weighted by Crippen LogP contribution is -2.47. The molecule has 7 nitrogen and oxygen atoms in total. The summed E-state index contributed by atoms with van der Waals surface area (Å²) >= 11 is 0.